The fourth-order valence-electron chi connectivity index (χ4n) is 2.51. The Bertz CT molecular complexity index is 755. The van der Waals surface area contributed by atoms with Crippen LogP contribution in [-0.4, -0.2) is 28.3 Å². The fraction of sp³-hybridized carbons (Fsp3) is 0.412. The van der Waals surface area contributed by atoms with Crippen molar-refractivity contribution in [3.8, 4) is 0 Å². The molecule has 1 aliphatic rings. The number of aromatic nitrogens is 1. The Balaban J connectivity index is 1.73. The van der Waals surface area contributed by atoms with E-state index in [1.807, 2.05) is 51.2 Å². The highest BCUT2D eigenvalue weighted by atomic mass is 32.2. The first-order chi connectivity index (χ1) is 11.3. The monoisotopic (exact) mass is 364 g/mol. The van der Waals surface area contributed by atoms with E-state index in [9.17, 15) is 0 Å². The van der Waals surface area contributed by atoms with Crippen molar-refractivity contribution in [1.82, 2.24) is 4.98 Å². The second kappa shape index (κ2) is 6.48. The lowest BCUT2D eigenvalue weighted by Gasteiger charge is -2.23. The molecule has 1 aromatic heterocycles. The van der Waals surface area contributed by atoms with Crippen LogP contribution < -0.4 is 0 Å². The van der Waals surface area contributed by atoms with Gasteiger partial charge in [0.05, 0.1) is 17.2 Å². The Kier molecular flexibility index (Phi) is 4.70. The normalized spacial score (nSPS) is 23.6. The first-order valence-corrected chi connectivity index (χ1v) is 9.22. The summed E-state index contributed by atoms with van der Waals surface area (Å²) < 4.78 is 12.7. The molecule has 0 amide bonds. The zero-order valence-corrected chi connectivity index (χ0v) is 15.7. The Morgan fingerprint density at radius 3 is 2.58 bits per heavy atom. The van der Waals surface area contributed by atoms with Crippen LogP contribution in [0.15, 0.2) is 44.9 Å². The molecule has 1 fully saturated rings. The summed E-state index contributed by atoms with van der Waals surface area (Å²) in [5, 5.41) is 12.0. The molecule has 1 atom stereocenters. The lowest BCUT2D eigenvalue weighted by Crippen LogP contribution is -2.27. The van der Waals surface area contributed by atoms with E-state index in [1.54, 1.807) is 30.0 Å². The molecule has 0 saturated carbocycles. The van der Waals surface area contributed by atoms with Gasteiger partial charge in [0.2, 0.25) is 0 Å². The Hall–Kier alpha value is -1.41. The van der Waals surface area contributed by atoms with E-state index in [0.717, 1.165) is 19.7 Å². The number of hydrogen-bond donors (Lipinski definition) is 1. The largest absolute Gasteiger partial charge is 0.411 e. The van der Waals surface area contributed by atoms with Crippen LogP contribution in [0.1, 0.15) is 38.1 Å². The van der Waals surface area contributed by atoms with Crippen molar-refractivity contribution in [2.45, 2.75) is 48.3 Å². The van der Waals surface area contributed by atoms with Crippen LogP contribution in [0.5, 0.6) is 0 Å². The summed E-state index contributed by atoms with van der Waals surface area (Å²) in [4.78, 5) is 6.65. The summed E-state index contributed by atoms with van der Waals surface area (Å²) in [6.45, 7) is 8.18. The van der Waals surface area contributed by atoms with Gasteiger partial charge >= 0.3 is 0 Å². The maximum atomic E-state index is 8.81. The summed E-state index contributed by atoms with van der Waals surface area (Å²) in [5.41, 5.74) is 1.04. The highest BCUT2D eigenvalue weighted by Crippen LogP contribution is 2.42. The van der Waals surface area contributed by atoms with E-state index in [0.29, 0.717) is 12.3 Å². The second-order valence-corrected chi connectivity index (χ2v) is 8.67. The van der Waals surface area contributed by atoms with Crippen molar-refractivity contribution < 1.29 is 14.7 Å². The average molecular weight is 364 g/mol. The molecule has 7 heteroatoms. The van der Waals surface area contributed by atoms with Gasteiger partial charge in [0, 0.05) is 11.1 Å². The molecular formula is C17H20N2O3S2. The molecule has 2 aromatic rings. The van der Waals surface area contributed by atoms with Crippen molar-refractivity contribution >= 4 is 28.8 Å². The number of hydrogen-bond acceptors (Lipinski definition) is 7. The molecule has 1 aliphatic heterocycles. The quantitative estimate of drug-likeness (QED) is 0.492. The highest BCUT2D eigenvalue weighted by molar-refractivity contribution is 8.01. The highest BCUT2D eigenvalue weighted by Gasteiger charge is 2.44. The summed E-state index contributed by atoms with van der Waals surface area (Å²) in [6.07, 6.45) is 1.87. The molecule has 128 valence electrons. The van der Waals surface area contributed by atoms with Gasteiger partial charge in [0.1, 0.15) is 5.60 Å². The molecule has 0 radical (unpaired) electrons. The van der Waals surface area contributed by atoms with Crippen LogP contribution in [0.2, 0.25) is 0 Å². The minimum Gasteiger partial charge on any atom is -0.411 e. The molecule has 5 nitrogen and oxygen atoms in total. The van der Waals surface area contributed by atoms with E-state index in [4.69, 9.17) is 14.7 Å². The lowest BCUT2D eigenvalue weighted by molar-refractivity contribution is -0.158. The summed E-state index contributed by atoms with van der Waals surface area (Å²) in [7, 11) is 0. The van der Waals surface area contributed by atoms with Gasteiger partial charge in [-0.1, -0.05) is 29.1 Å². The third-order valence-corrected chi connectivity index (χ3v) is 6.12. The predicted molar refractivity (Wildman–Crippen MR) is 95.1 cm³/mol. The van der Waals surface area contributed by atoms with E-state index >= 15 is 0 Å². The predicted octanol–water partition coefficient (Wildman–Crippen LogP) is 4.49. The van der Waals surface area contributed by atoms with Crippen molar-refractivity contribution in [2.75, 3.05) is 6.61 Å². The van der Waals surface area contributed by atoms with Crippen molar-refractivity contribution in [1.29, 1.82) is 0 Å². The van der Waals surface area contributed by atoms with Gasteiger partial charge < -0.3 is 14.7 Å². The standard InChI is InChI=1S/C17H20N2O3S2/c1-11(19-20)12-5-7-13(8-6-12)23-15-18-9-14(24-15)17(4)10-21-16(2,3)22-17/h5-9,20H,10H2,1-4H3/t17-/m1/s1. The molecule has 0 unspecified atom stereocenters. The Morgan fingerprint density at radius 2 is 2.00 bits per heavy atom. The molecule has 24 heavy (non-hydrogen) atoms. The summed E-state index contributed by atoms with van der Waals surface area (Å²) in [5.74, 6) is -0.562. The van der Waals surface area contributed by atoms with Crippen LogP contribution in [0, 0.1) is 0 Å². The molecule has 1 N–H and O–H groups in total. The Morgan fingerprint density at radius 1 is 1.29 bits per heavy atom. The van der Waals surface area contributed by atoms with Crippen molar-refractivity contribution in [3.63, 3.8) is 0 Å². The SMILES string of the molecule is CC(=NO)c1ccc(Sc2ncc([C@@]3(C)COC(C)(C)O3)s2)cc1. The number of rotatable bonds is 4. The van der Waals surface area contributed by atoms with Gasteiger partial charge in [-0.3, -0.25) is 0 Å². The van der Waals surface area contributed by atoms with E-state index in [1.165, 1.54) is 0 Å². The number of oxime groups is 1. The van der Waals surface area contributed by atoms with E-state index in [2.05, 4.69) is 10.1 Å². The van der Waals surface area contributed by atoms with E-state index in [-0.39, 0.29) is 0 Å². The van der Waals surface area contributed by atoms with Crippen LogP contribution in [0.25, 0.3) is 0 Å². The maximum Gasteiger partial charge on any atom is 0.164 e. The molecule has 0 spiro atoms. The van der Waals surface area contributed by atoms with Crippen molar-refractivity contribution in [3.05, 3.63) is 40.9 Å². The molecule has 1 aromatic carbocycles. The fourth-order valence-corrected chi connectivity index (χ4v) is 4.53. The van der Waals surface area contributed by atoms with Gasteiger partial charge in [-0.2, -0.15) is 0 Å². The van der Waals surface area contributed by atoms with Crippen LogP contribution in [-0.2, 0) is 15.1 Å². The summed E-state index contributed by atoms with van der Waals surface area (Å²) >= 11 is 3.23. The topological polar surface area (TPSA) is 63.9 Å². The first kappa shape index (κ1) is 17.4. The van der Waals surface area contributed by atoms with Crippen molar-refractivity contribution in [2.24, 2.45) is 5.16 Å². The van der Waals surface area contributed by atoms with Gasteiger partial charge in [-0.05, 0) is 45.4 Å². The smallest absolute Gasteiger partial charge is 0.164 e. The van der Waals surface area contributed by atoms with Gasteiger partial charge in [0.15, 0.2) is 10.1 Å². The molecular weight excluding hydrogens is 344 g/mol. The molecule has 1 saturated heterocycles. The van der Waals surface area contributed by atoms with Gasteiger partial charge in [-0.25, -0.2) is 4.98 Å². The number of nitrogens with zero attached hydrogens (tertiary/aromatic N) is 2. The molecule has 2 heterocycles. The number of thiazole rings is 1. The second-order valence-electron chi connectivity index (χ2n) is 6.32. The first-order valence-electron chi connectivity index (χ1n) is 7.59. The molecule has 0 aliphatic carbocycles. The van der Waals surface area contributed by atoms with Crippen LogP contribution in [0.3, 0.4) is 0 Å². The van der Waals surface area contributed by atoms with Crippen LogP contribution >= 0.6 is 23.1 Å². The van der Waals surface area contributed by atoms with E-state index < -0.39 is 11.4 Å². The summed E-state index contributed by atoms with van der Waals surface area (Å²) in [6, 6.07) is 7.86. The molecule has 3 rings (SSSR count). The maximum absolute atomic E-state index is 8.81. The van der Waals surface area contributed by atoms with Crippen LogP contribution in [0.4, 0.5) is 0 Å². The zero-order chi connectivity index (χ0) is 17.4. The lowest BCUT2D eigenvalue weighted by atomic mass is 10.1. The minimum atomic E-state index is -0.562. The number of benzene rings is 1. The third-order valence-electron chi connectivity index (χ3n) is 3.80. The average Bonchev–Trinajstić information content (AvgIpc) is 3.12. The Labute approximate surface area is 149 Å². The zero-order valence-electron chi connectivity index (χ0n) is 14.1. The van der Waals surface area contributed by atoms with Gasteiger partial charge in [0.25, 0.3) is 0 Å². The molecule has 0 bridgehead atoms. The number of ether oxygens (including phenoxy) is 2. The minimum absolute atomic E-state index is 0.446. The van der Waals surface area contributed by atoms with Gasteiger partial charge in [-0.15, -0.1) is 11.3 Å². The third kappa shape index (κ3) is 3.64.